The van der Waals surface area contributed by atoms with Crippen molar-refractivity contribution < 1.29 is 28.6 Å². The van der Waals surface area contributed by atoms with Gasteiger partial charge in [0.2, 0.25) is 0 Å². The van der Waals surface area contributed by atoms with Crippen molar-refractivity contribution in [2.24, 2.45) is 0 Å². The zero-order valence-corrected chi connectivity index (χ0v) is 46.6. The predicted octanol–water partition coefficient (Wildman–Crippen LogP) is 20.7. The average Bonchev–Trinajstić information content (AvgIpc) is 3.35. The van der Waals surface area contributed by atoms with Crippen LogP contribution in [0.2, 0.25) is 0 Å². The van der Waals surface area contributed by atoms with Crippen molar-refractivity contribution in [1.29, 1.82) is 0 Å². The van der Waals surface area contributed by atoms with Gasteiger partial charge in [-0.25, -0.2) is 0 Å². The first-order valence-corrected chi connectivity index (χ1v) is 30.8. The lowest BCUT2D eigenvalue weighted by molar-refractivity contribution is -0.167. The van der Waals surface area contributed by atoms with Crippen LogP contribution in [-0.2, 0) is 28.6 Å². The van der Waals surface area contributed by atoms with Crippen LogP contribution in [0.15, 0.2) is 24.3 Å². The molecule has 0 radical (unpaired) electrons. The van der Waals surface area contributed by atoms with E-state index >= 15 is 0 Å². The summed E-state index contributed by atoms with van der Waals surface area (Å²) in [4.78, 5) is 38.2. The lowest BCUT2D eigenvalue weighted by Crippen LogP contribution is -2.30. The Morgan fingerprint density at radius 2 is 0.478 bits per heavy atom. The zero-order chi connectivity index (χ0) is 50.0. The molecule has 0 saturated carbocycles. The molecule has 0 aliphatic heterocycles. The Labute approximate surface area is 430 Å². The molecule has 6 nitrogen and oxygen atoms in total. The van der Waals surface area contributed by atoms with Crippen LogP contribution in [0.25, 0.3) is 0 Å². The molecule has 0 aromatic rings. The maximum atomic E-state index is 12.9. The molecule has 0 saturated heterocycles. The van der Waals surface area contributed by atoms with E-state index in [1.54, 1.807) is 0 Å². The largest absolute Gasteiger partial charge is 0.462 e. The third kappa shape index (κ3) is 56.7. The van der Waals surface area contributed by atoms with Crippen molar-refractivity contribution in [2.45, 2.75) is 348 Å². The Morgan fingerprint density at radius 3 is 0.725 bits per heavy atom. The highest BCUT2D eigenvalue weighted by Gasteiger charge is 2.19. The molecule has 0 N–H and O–H groups in total. The molecule has 0 unspecified atom stereocenters. The fraction of sp³-hybridized carbons (Fsp3) is 0.889. The molecule has 69 heavy (non-hydrogen) atoms. The molecule has 0 aromatic heterocycles. The van der Waals surface area contributed by atoms with E-state index in [-0.39, 0.29) is 31.1 Å². The molecule has 0 aliphatic rings. The highest BCUT2D eigenvalue weighted by Crippen LogP contribution is 2.17. The van der Waals surface area contributed by atoms with Gasteiger partial charge in [-0.3, -0.25) is 14.4 Å². The molecule has 0 amide bonds. The van der Waals surface area contributed by atoms with Crippen LogP contribution in [0.1, 0.15) is 342 Å². The van der Waals surface area contributed by atoms with Crippen LogP contribution in [0.4, 0.5) is 0 Å². The number of ether oxygens (including phenoxy) is 3. The molecule has 406 valence electrons. The number of unbranched alkanes of at least 4 members (excludes halogenated alkanes) is 42. The van der Waals surface area contributed by atoms with Gasteiger partial charge in [0.25, 0.3) is 0 Å². The number of carbonyl (C=O) groups excluding carboxylic acids is 3. The molecule has 0 fully saturated rings. The van der Waals surface area contributed by atoms with Gasteiger partial charge in [-0.05, 0) is 70.6 Å². The SMILES string of the molecule is CCCCCCCC/C=C\CCCCCCCCCCCC(=O)OC[C@H](COC(=O)CCCCCCC/C=C\CCCCCCCC)OC(=O)CCCCCCCCCCCCCCCCCCC. The van der Waals surface area contributed by atoms with Gasteiger partial charge in [-0.15, -0.1) is 0 Å². The summed E-state index contributed by atoms with van der Waals surface area (Å²) >= 11 is 0. The minimum absolute atomic E-state index is 0.0702. The summed E-state index contributed by atoms with van der Waals surface area (Å²) in [5.41, 5.74) is 0. The average molecular weight is 972 g/mol. The van der Waals surface area contributed by atoms with Gasteiger partial charge in [0, 0.05) is 19.3 Å². The van der Waals surface area contributed by atoms with Crippen molar-refractivity contribution >= 4 is 17.9 Å². The van der Waals surface area contributed by atoms with Crippen molar-refractivity contribution in [2.75, 3.05) is 13.2 Å². The minimum Gasteiger partial charge on any atom is -0.462 e. The van der Waals surface area contributed by atoms with Crippen molar-refractivity contribution in [3.63, 3.8) is 0 Å². The molecule has 6 heteroatoms. The van der Waals surface area contributed by atoms with E-state index in [2.05, 4.69) is 45.1 Å². The second-order valence-corrected chi connectivity index (χ2v) is 21.0. The summed E-state index contributed by atoms with van der Waals surface area (Å²) in [6, 6.07) is 0. The summed E-state index contributed by atoms with van der Waals surface area (Å²) in [7, 11) is 0. The van der Waals surface area contributed by atoms with Gasteiger partial charge in [0.1, 0.15) is 13.2 Å². The van der Waals surface area contributed by atoms with E-state index in [9.17, 15) is 14.4 Å². The fourth-order valence-electron chi connectivity index (χ4n) is 9.26. The number of hydrogen-bond donors (Lipinski definition) is 0. The Bertz CT molecular complexity index is 1110. The molecular weight excluding hydrogens is 853 g/mol. The summed E-state index contributed by atoms with van der Waals surface area (Å²) in [5, 5.41) is 0. The van der Waals surface area contributed by atoms with E-state index in [1.807, 2.05) is 0 Å². The summed E-state index contributed by atoms with van der Waals surface area (Å²) in [6.07, 6.45) is 68.9. The van der Waals surface area contributed by atoms with Crippen molar-refractivity contribution in [3.8, 4) is 0 Å². The van der Waals surface area contributed by atoms with Crippen LogP contribution < -0.4 is 0 Å². The van der Waals surface area contributed by atoms with Crippen molar-refractivity contribution in [1.82, 2.24) is 0 Å². The lowest BCUT2D eigenvalue weighted by Gasteiger charge is -2.18. The van der Waals surface area contributed by atoms with E-state index in [0.717, 1.165) is 64.2 Å². The van der Waals surface area contributed by atoms with Crippen LogP contribution in [0.5, 0.6) is 0 Å². The Kier molecular flexibility index (Phi) is 56.7. The van der Waals surface area contributed by atoms with Crippen LogP contribution >= 0.6 is 0 Å². The lowest BCUT2D eigenvalue weighted by atomic mass is 10.0. The molecule has 0 aliphatic carbocycles. The summed E-state index contributed by atoms with van der Waals surface area (Å²) in [5.74, 6) is -0.856. The maximum Gasteiger partial charge on any atom is 0.306 e. The predicted molar refractivity (Wildman–Crippen MR) is 298 cm³/mol. The van der Waals surface area contributed by atoms with Gasteiger partial charge >= 0.3 is 17.9 Å². The topological polar surface area (TPSA) is 78.9 Å². The van der Waals surface area contributed by atoms with Gasteiger partial charge in [-0.1, -0.05) is 276 Å². The minimum atomic E-state index is -0.772. The van der Waals surface area contributed by atoms with E-state index < -0.39 is 6.10 Å². The third-order valence-electron chi connectivity index (χ3n) is 13.9. The normalized spacial score (nSPS) is 12.1. The molecule has 0 heterocycles. The Balaban J connectivity index is 4.32. The molecule has 0 spiro atoms. The number of allylic oxidation sites excluding steroid dienone is 4. The molecule has 1 atom stereocenters. The molecule has 0 aromatic carbocycles. The standard InChI is InChI=1S/C63H118O6/c1-4-7-10-13-16-19-22-25-28-30-31-33-35-38-41-44-47-50-53-56-62(65)68-59-60(58-67-61(64)55-52-49-46-43-40-37-34-27-24-21-18-15-12-9-6-3)69-63(66)57-54-51-48-45-42-39-36-32-29-26-23-20-17-14-11-8-5-2/h25,27-28,34,60H,4-24,26,29-33,35-59H2,1-3H3/b28-25-,34-27-/t60-/m0/s1. The summed E-state index contributed by atoms with van der Waals surface area (Å²) in [6.45, 7) is 6.68. The smallest absolute Gasteiger partial charge is 0.306 e. The molecule has 0 bridgehead atoms. The number of esters is 3. The first-order chi connectivity index (χ1) is 34.0. The number of rotatable bonds is 57. The third-order valence-corrected chi connectivity index (χ3v) is 13.9. The maximum absolute atomic E-state index is 12.9. The highest BCUT2D eigenvalue weighted by molar-refractivity contribution is 5.71. The summed E-state index contributed by atoms with van der Waals surface area (Å²) < 4.78 is 16.9. The van der Waals surface area contributed by atoms with E-state index in [4.69, 9.17) is 14.2 Å². The number of carbonyl (C=O) groups is 3. The first kappa shape index (κ1) is 66.9. The fourth-order valence-corrected chi connectivity index (χ4v) is 9.26. The Hall–Kier alpha value is -2.11. The molecule has 0 rings (SSSR count). The molecular formula is C63H118O6. The van der Waals surface area contributed by atoms with Gasteiger partial charge in [0.15, 0.2) is 6.10 Å². The van der Waals surface area contributed by atoms with Gasteiger partial charge in [0.05, 0.1) is 0 Å². The van der Waals surface area contributed by atoms with Gasteiger partial charge < -0.3 is 14.2 Å². The second kappa shape index (κ2) is 58.5. The van der Waals surface area contributed by atoms with Crippen LogP contribution in [-0.4, -0.2) is 37.2 Å². The highest BCUT2D eigenvalue weighted by atomic mass is 16.6. The van der Waals surface area contributed by atoms with E-state index in [0.29, 0.717) is 19.3 Å². The van der Waals surface area contributed by atoms with Crippen LogP contribution in [0, 0.1) is 0 Å². The van der Waals surface area contributed by atoms with Crippen molar-refractivity contribution in [3.05, 3.63) is 24.3 Å². The first-order valence-electron chi connectivity index (χ1n) is 30.8. The number of hydrogen-bond acceptors (Lipinski definition) is 6. The second-order valence-electron chi connectivity index (χ2n) is 21.0. The quantitative estimate of drug-likeness (QED) is 0.0261. The van der Waals surface area contributed by atoms with E-state index in [1.165, 1.54) is 238 Å². The van der Waals surface area contributed by atoms with Crippen LogP contribution in [0.3, 0.4) is 0 Å². The van der Waals surface area contributed by atoms with Gasteiger partial charge in [-0.2, -0.15) is 0 Å². The monoisotopic (exact) mass is 971 g/mol. The Morgan fingerprint density at radius 1 is 0.275 bits per heavy atom. The zero-order valence-electron chi connectivity index (χ0n) is 46.6.